The number of benzene rings is 2. The van der Waals surface area contributed by atoms with Gasteiger partial charge >= 0.3 is 0 Å². The van der Waals surface area contributed by atoms with Crippen LogP contribution in [-0.2, 0) is 0 Å². The molecule has 1 N–H and O–H groups in total. The van der Waals surface area contributed by atoms with Gasteiger partial charge in [0.1, 0.15) is 5.69 Å². The van der Waals surface area contributed by atoms with Gasteiger partial charge in [0.05, 0.1) is 17.3 Å². The van der Waals surface area contributed by atoms with Crippen LogP contribution in [0.1, 0.15) is 34.5 Å². The Bertz CT molecular complexity index is 1120. The van der Waals surface area contributed by atoms with E-state index >= 15 is 0 Å². The van der Waals surface area contributed by atoms with E-state index in [4.69, 9.17) is 0 Å². The summed E-state index contributed by atoms with van der Waals surface area (Å²) < 4.78 is 1.73. The van der Waals surface area contributed by atoms with E-state index in [-0.39, 0.29) is 11.9 Å². The molecule has 1 unspecified atom stereocenters. The number of hydrogen-bond acceptors (Lipinski definition) is 3. The molecule has 2 aromatic heterocycles. The first-order valence-electron chi connectivity index (χ1n) is 9.55. The number of carbonyl (C=O) groups excluding carboxylic acids is 1. The number of amides is 1. The number of rotatable bonds is 5. The zero-order valence-corrected chi connectivity index (χ0v) is 16.4. The van der Waals surface area contributed by atoms with Crippen molar-refractivity contribution in [3.05, 3.63) is 102 Å². The number of nitrogens with one attached hydrogen (secondary N) is 1. The standard InChI is InChI=1S/C24H22N4O/c1-17-9-6-7-13-21(17)18(2)26-24(29)22-16-28(20-11-4-3-5-12-20)27-23(22)19-10-8-14-25-15-19/h3-16,18H,1-2H3,(H,26,29). The summed E-state index contributed by atoms with van der Waals surface area (Å²) in [5, 5.41) is 7.80. The molecule has 0 bridgehead atoms. The third-order valence-corrected chi connectivity index (χ3v) is 4.92. The molecule has 0 radical (unpaired) electrons. The molecule has 2 aromatic carbocycles. The molecule has 4 aromatic rings. The van der Waals surface area contributed by atoms with Gasteiger partial charge in [0.15, 0.2) is 0 Å². The summed E-state index contributed by atoms with van der Waals surface area (Å²) >= 11 is 0. The molecule has 0 aliphatic rings. The molecule has 144 valence electrons. The number of carbonyl (C=O) groups is 1. The Morgan fingerprint density at radius 2 is 1.76 bits per heavy atom. The fraction of sp³-hybridized carbons (Fsp3) is 0.125. The van der Waals surface area contributed by atoms with Crippen molar-refractivity contribution >= 4 is 5.91 Å². The maximum Gasteiger partial charge on any atom is 0.255 e. The summed E-state index contributed by atoms with van der Waals surface area (Å²) in [6.07, 6.45) is 5.20. The van der Waals surface area contributed by atoms with Gasteiger partial charge in [-0.15, -0.1) is 0 Å². The van der Waals surface area contributed by atoms with Gasteiger partial charge in [0.25, 0.3) is 5.91 Å². The minimum atomic E-state index is -0.165. The second kappa shape index (κ2) is 8.10. The normalized spacial score (nSPS) is 11.8. The second-order valence-corrected chi connectivity index (χ2v) is 6.96. The molecular formula is C24H22N4O. The summed E-state index contributed by atoms with van der Waals surface area (Å²) in [6.45, 7) is 4.04. The molecule has 29 heavy (non-hydrogen) atoms. The van der Waals surface area contributed by atoms with E-state index in [1.807, 2.05) is 80.6 Å². The first kappa shape index (κ1) is 18.6. The minimum Gasteiger partial charge on any atom is -0.345 e. The van der Waals surface area contributed by atoms with E-state index in [0.717, 1.165) is 22.4 Å². The summed E-state index contributed by atoms with van der Waals surface area (Å²) in [6, 6.07) is 21.5. The first-order valence-corrected chi connectivity index (χ1v) is 9.55. The molecule has 0 aliphatic carbocycles. The van der Waals surface area contributed by atoms with Crippen LogP contribution in [-0.4, -0.2) is 20.7 Å². The van der Waals surface area contributed by atoms with E-state index < -0.39 is 0 Å². The van der Waals surface area contributed by atoms with Gasteiger partial charge in [-0.05, 0) is 49.2 Å². The topological polar surface area (TPSA) is 59.8 Å². The second-order valence-electron chi connectivity index (χ2n) is 6.96. The number of hydrogen-bond donors (Lipinski definition) is 1. The lowest BCUT2D eigenvalue weighted by atomic mass is 10.0. The van der Waals surface area contributed by atoms with Crippen molar-refractivity contribution in [3.63, 3.8) is 0 Å². The lowest BCUT2D eigenvalue weighted by molar-refractivity contribution is 0.0940. The fourth-order valence-electron chi connectivity index (χ4n) is 3.39. The Balaban J connectivity index is 1.71. The van der Waals surface area contributed by atoms with Crippen LogP contribution in [0.2, 0.25) is 0 Å². The van der Waals surface area contributed by atoms with Crippen molar-refractivity contribution < 1.29 is 4.79 Å². The number of aromatic nitrogens is 3. The van der Waals surface area contributed by atoms with Crippen LogP contribution in [0.3, 0.4) is 0 Å². The number of para-hydroxylation sites is 1. The van der Waals surface area contributed by atoms with Crippen LogP contribution < -0.4 is 5.32 Å². The van der Waals surface area contributed by atoms with Crippen molar-refractivity contribution in [1.29, 1.82) is 0 Å². The Morgan fingerprint density at radius 3 is 2.48 bits per heavy atom. The molecule has 0 spiro atoms. The smallest absolute Gasteiger partial charge is 0.255 e. The number of nitrogens with zero attached hydrogens (tertiary/aromatic N) is 3. The molecule has 1 atom stereocenters. The maximum absolute atomic E-state index is 13.2. The van der Waals surface area contributed by atoms with Gasteiger partial charge in [0, 0.05) is 24.2 Å². The van der Waals surface area contributed by atoms with E-state index in [2.05, 4.69) is 15.4 Å². The van der Waals surface area contributed by atoms with Gasteiger partial charge in [0.2, 0.25) is 0 Å². The van der Waals surface area contributed by atoms with Crippen LogP contribution in [0.15, 0.2) is 85.3 Å². The molecule has 5 heteroatoms. The van der Waals surface area contributed by atoms with Gasteiger partial charge < -0.3 is 5.32 Å². The summed E-state index contributed by atoms with van der Waals surface area (Å²) in [7, 11) is 0. The average molecular weight is 382 g/mol. The van der Waals surface area contributed by atoms with Crippen LogP contribution in [0.5, 0.6) is 0 Å². The van der Waals surface area contributed by atoms with Gasteiger partial charge in [-0.1, -0.05) is 42.5 Å². The summed E-state index contributed by atoms with van der Waals surface area (Å²) in [5.74, 6) is -0.165. The lowest BCUT2D eigenvalue weighted by Crippen LogP contribution is -2.27. The molecule has 0 saturated carbocycles. The van der Waals surface area contributed by atoms with E-state index in [0.29, 0.717) is 11.3 Å². The Morgan fingerprint density at radius 1 is 1.00 bits per heavy atom. The number of pyridine rings is 1. The third-order valence-electron chi connectivity index (χ3n) is 4.92. The summed E-state index contributed by atoms with van der Waals surface area (Å²) in [4.78, 5) is 17.4. The molecule has 0 aliphatic heterocycles. The number of aryl methyl sites for hydroxylation is 1. The quantitative estimate of drug-likeness (QED) is 0.543. The largest absolute Gasteiger partial charge is 0.345 e. The van der Waals surface area contributed by atoms with Gasteiger partial charge in [-0.3, -0.25) is 9.78 Å². The van der Waals surface area contributed by atoms with Crippen LogP contribution in [0.4, 0.5) is 0 Å². The van der Waals surface area contributed by atoms with Crippen molar-refractivity contribution in [1.82, 2.24) is 20.1 Å². The average Bonchev–Trinajstić information content (AvgIpc) is 3.21. The molecular weight excluding hydrogens is 360 g/mol. The highest BCUT2D eigenvalue weighted by atomic mass is 16.1. The fourth-order valence-corrected chi connectivity index (χ4v) is 3.39. The van der Waals surface area contributed by atoms with Crippen molar-refractivity contribution in [2.24, 2.45) is 0 Å². The summed E-state index contributed by atoms with van der Waals surface area (Å²) in [5.41, 5.74) is 5.06. The lowest BCUT2D eigenvalue weighted by Gasteiger charge is -2.16. The molecule has 1 amide bonds. The van der Waals surface area contributed by atoms with Gasteiger partial charge in [-0.25, -0.2) is 4.68 Å². The van der Waals surface area contributed by atoms with E-state index in [9.17, 15) is 4.79 Å². The third kappa shape index (κ3) is 3.94. The zero-order valence-electron chi connectivity index (χ0n) is 16.4. The highest BCUT2D eigenvalue weighted by molar-refractivity contribution is 6.00. The minimum absolute atomic E-state index is 0.120. The highest BCUT2D eigenvalue weighted by Gasteiger charge is 2.21. The van der Waals surface area contributed by atoms with Crippen LogP contribution in [0.25, 0.3) is 16.9 Å². The Kier molecular flexibility index (Phi) is 5.20. The predicted molar refractivity (Wildman–Crippen MR) is 114 cm³/mol. The monoisotopic (exact) mass is 382 g/mol. The van der Waals surface area contributed by atoms with Crippen molar-refractivity contribution in [3.8, 4) is 16.9 Å². The molecule has 4 rings (SSSR count). The zero-order chi connectivity index (χ0) is 20.2. The maximum atomic E-state index is 13.2. The molecule has 2 heterocycles. The van der Waals surface area contributed by atoms with E-state index in [1.165, 1.54) is 0 Å². The van der Waals surface area contributed by atoms with Gasteiger partial charge in [-0.2, -0.15) is 5.10 Å². The van der Waals surface area contributed by atoms with E-state index in [1.54, 1.807) is 23.3 Å². The molecule has 0 fully saturated rings. The molecule has 5 nitrogen and oxygen atoms in total. The van der Waals surface area contributed by atoms with Crippen LogP contribution in [0, 0.1) is 6.92 Å². The SMILES string of the molecule is Cc1ccccc1C(C)NC(=O)c1cn(-c2ccccc2)nc1-c1cccnc1. The highest BCUT2D eigenvalue weighted by Crippen LogP contribution is 2.24. The van der Waals surface area contributed by atoms with Crippen molar-refractivity contribution in [2.45, 2.75) is 19.9 Å². The Hall–Kier alpha value is -3.73. The van der Waals surface area contributed by atoms with Crippen molar-refractivity contribution in [2.75, 3.05) is 0 Å². The predicted octanol–water partition coefficient (Wildman–Crippen LogP) is 4.73. The Labute approximate surface area is 170 Å². The first-order chi connectivity index (χ1) is 14.1. The van der Waals surface area contributed by atoms with Crippen LogP contribution >= 0.6 is 0 Å². The molecule has 0 saturated heterocycles.